The number of aliphatic hydroxyl groups excluding tert-OH is 1. The molecule has 1 fully saturated rings. The van der Waals surface area contributed by atoms with Crippen molar-refractivity contribution >= 4 is 0 Å². The first-order chi connectivity index (χ1) is 9.67. The van der Waals surface area contributed by atoms with Crippen LogP contribution in [-0.2, 0) is 26.4 Å². The molecule has 0 amide bonds. The van der Waals surface area contributed by atoms with Gasteiger partial charge in [0.1, 0.15) is 0 Å². The number of aryl methyl sites for hydroxylation is 2. The maximum absolute atomic E-state index is 10.2. The van der Waals surface area contributed by atoms with E-state index in [9.17, 15) is 5.11 Å². The van der Waals surface area contributed by atoms with Crippen LogP contribution in [0.25, 0.3) is 0 Å². The van der Waals surface area contributed by atoms with Crippen LogP contribution in [0.15, 0.2) is 0 Å². The van der Waals surface area contributed by atoms with Crippen molar-refractivity contribution in [3.05, 3.63) is 17.0 Å². The van der Waals surface area contributed by atoms with Gasteiger partial charge in [0.05, 0.1) is 11.8 Å². The summed E-state index contributed by atoms with van der Waals surface area (Å²) in [5, 5.41) is 18.2. The van der Waals surface area contributed by atoms with Crippen LogP contribution in [0.5, 0.6) is 0 Å². The summed E-state index contributed by atoms with van der Waals surface area (Å²) in [5.41, 5.74) is 3.83. The number of hydrogen-bond acceptors (Lipinski definition) is 3. The van der Waals surface area contributed by atoms with E-state index in [1.165, 1.54) is 42.6 Å². The minimum atomic E-state index is -0.190. The summed E-state index contributed by atoms with van der Waals surface area (Å²) >= 11 is 0. The third-order valence-electron chi connectivity index (χ3n) is 4.63. The second-order valence-corrected chi connectivity index (χ2v) is 5.95. The van der Waals surface area contributed by atoms with Gasteiger partial charge in [-0.1, -0.05) is 26.7 Å². The molecule has 2 N–H and O–H groups in total. The normalized spacial score (nSPS) is 17.8. The van der Waals surface area contributed by atoms with Crippen molar-refractivity contribution in [1.82, 2.24) is 15.1 Å². The molecule has 1 atom stereocenters. The summed E-state index contributed by atoms with van der Waals surface area (Å²) in [7, 11) is 2.02. The fraction of sp³-hybridized carbons (Fsp3) is 0.812. The molecular formula is C16H29N3O. The number of nitrogens with zero attached hydrogens (tertiary/aromatic N) is 2. The Labute approximate surface area is 122 Å². The molecule has 20 heavy (non-hydrogen) atoms. The summed E-state index contributed by atoms with van der Waals surface area (Å²) in [6.07, 6.45) is 6.73. The van der Waals surface area contributed by atoms with Crippen molar-refractivity contribution in [2.45, 2.75) is 65.0 Å². The van der Waals surface area contributed by atoms with Crippen molar-refractivity contribution in [1.29, 1.82) is 0 Å². The van der Waals surface area contributed by atoms with E-state index in [1.54, 1.807) is 0 Å². The highest BCUT2D eigenvalue weighted by Gasteiger charge is 2.23. The molecule has 1 aliphatic rings. The maximum atomic E-state index is 10.2. The Balaban J connectivity index is 1.89. The predicted molar refractivity (Wildman–Crippen MR) is 81.6 cm³/mol. The lowest BCUT2D eigenvalue weighted by Gasteiger charge is -2.18. The summed E-state index contributed by atoms with van der Waals surface area (Å²) in [6, 6.07) is 0. The fourth-order valence-electron chi connectivity index (χ4n) is 3.45. The van der Waals surface area contributed by atoms with E-state index in [2.05, 4.69) is 24.3 Å². The first kappa shape index (κ1) is 15.5. The summed E-state index contributed by atoms with van der Waals surface area (Å²) in [4.78, 5) is 0. The lowest BCUT2D eigenvalue weighted by Crippen LogP contribution is -2.31. The molecule has 1 saturated carbocycles. The van der Waals surface area contributed by atoms with Gasteiger partial charge in [0.25, 0.3) is 0 Å². The van der Waals surface area contributed by atoms with E-state index in [1.807, 2.05) is 11.7 Å². The van der Waals surface area contributed by atoms with Crippen molar-refractivity contribution in [2.24, 2.45) is 13.0 Å². The number of aromatic nitrogens is 2. The molecule has 4 nitrogen and oxygen atoms in total. The average molecular weight is 279 g/mol. The summed E-state index contributed by atoms with van der Waals surface area (Å²) < 4.78 is 2.00. The van der Waals surface area contributed by atoms with E-state index in [0.717, 1.165) is 19.4 Å². The van der Waals surface area contributed by atoms with Gasteiger partial charge in [0, 0.05) is 31.4 Å². The Hall–Kier alpha value is -0.870. The van der Waals surface area contributed by atoms with Gasteiger partial charge in [-0.05, 0) is 31.6 Å². The van der Waals surface area contributed by atoms with Crippen molar-refractivity contribution < 1.29 is 5.11 Å². The third kappa shape index (κ3) is 3.41. The highest BCUT2D eigenvalue weighted by Crippen LogP contribution is 2.27. The van der Waals surface area contributed by atoms with Gasteiger partial charge in [0.2, 0.25) is 0 Å². The molecular weight excluding hydrogens is 250 g/mol. The van der Waals surface area contributed by atoms with Crippen LogP contribution in [0.4, 0.5) is 0 Å². The highest BCUT2D eigenvalue weighted by molar-refractivity contribution is 5.26. The van der Waals surface area contributed by atoms with Crippen LogP contribution in [0.3, 0.4) is 0 Å². The molecule has 1 unspecified atom stereocenters. The quantitative estimate of drug-likeness (QED) is 0.804. The Morgan fingerprint density at radius 2 is 2.00 bits per heavy atom. The molecule has 0 aliphatic heterocycles. The Kier molecular flexibility index (Phi) is 5.61. The van der Waals surface area contributed by atoms with Crippen LogP contribution in [0.2, 0.25) is 0 Å². The lowest BCUT2D eigenvalue weighted by atomic mass is 10.0. The molecule has 114 valence electrons. The predicted octanol–water partition coefficient (Wildman–Crippen LogP) is 2.19. The number of nitrogens with one attached hydrogen (secondary N) is 1. The summed E-state index contributed by atoms with van der Waals surface area (Å²) in [6.45, 7) is 5.85. The second kappa shape index (κ2) is 7.23. The van der Waals surface area contributed by atoms with E-state index in [4.69, 9.17) is 0 Å². The van der Waals surface area contributed by atoms with E-state index < -0.39 is 0 Å². The SMILES string of the molecule is CCc1nn(C)c(CC)c1CNCC(O)C1CCCC1. The van der Waals surface area contributed by atoms with Crippen LogP contribution >= 0.6 is 0 Å². The minimum absolute atomic E-state index is 0.190. The standard InChI is InChI=1S/C16H29N3O/c1-4-14-13(15(5-2)19(3)18-14)10-17-11-16(20)12-8-6-7-9-12/h12,16-17,20H,4-11H2,1-3H3. The molecule has 0 spiro atoms. The van der Waals surface area contributed by atoms with Gasteiger partial charge >= 0.3 is 0 Å². The largest absolute Gasteiger partial charge is 0.392 e. The number of aliphatic hydroxyl groups is 1. The molecule has 1 aromatic rings. The van der Waals surface area contributed by atoms with Crippen molar-refractivity contribution in [2.75, 3.05) is 6.54 Å². The van der Waals surface area contributed by atoms with Gasteiger partial charge in [-0.15, -0.1) is 0 Å². The minimum Gasteiger partial charge on any atom is -0.392 e. The zero-order valence-electron chi connectivity index (χ0n) is 13.2. The molecule has 0 bridgehead atoms. The van der Waals surface area contributed by atoms with Gasteiger partial charge in [0.15, 0.2) is 0 Å². The smallest absolute Gasteiger partial charge is 0.0692 e. The van der Waals surface area contributed by atoms with Gasteiger partial charge < -0.3 is 10.4 Å². The molecule has 0 aromatic carbocycles. The van der Waals surface area contributed by atoms with Gasteiger partial charge in [-0.3, -0.25) is 4.68 Å². The third-order valence-corrected chi connectivity index (χ3v) is 4.63. The van der Waals surface area contributed by atoms with Crippen LogP contribution in [-0.4, -0.2) is 27.5 Å². The molecule has 1 aromatic heterocycles. The van der Waals surface area contributed by atoms with Gasteiger partial charge in [-0.25, -0.2) is 0 Å². The highest BCUT2D eigenvalue weighted by atomic mass is 16.3. The van der Waals surface area contributed by atoms with E-state index >= 15 is 0 Å². The van der Waals surface area contributed by atoms with Gasteiger partial charge in [-0.2, -0.15) is 5.10 Å². The number of rotatable bonds is 7. The summed E-state index contributed by atoms with van der Waals surface area (Å²) in [5.74, 6) is 0.507. The van der Waals surface area contributed by atoms with Crippen molar-refractivity contribution in [3.8, 4) is 0 Å². The lowest BCUT2D eigenvalue weighted by molar-refractivity contribution is 0.109. The van der Waals surface area contributed by atoms with E-state index in [0.29, 0.717) is 12.5 Å². The molecule has 0 radical (unpaired) electrons. The molecule has 1 heterocycles. The fourth-order valence-corrected chi connectivity index (χ4v) is 3.45. The molecule has 1 aliphatic carbocycles. The molecule has 0 saturated heterocycles. The second-order valence-electron chi connectivity index (χ2n) is 5.95. The molecule has 4 heteroatoms. The Morgan fingerprint density at radius 1 is 1.30 bits per heavy atom. The molecule has 2 rings (SSSR count). The van der Waals surface area contributed by atoms with Crippen LogP contribution < -0.4 is 5.32 Å². The zero-order chi connectivity index (χ0) is 14.5. The average Bonchev–Trinajstić information content (AvgIpc) is 3.06. The number of hydrogen-bond donors (Lipinski definition) is 2. The van der Waals surface area contributed by atoms with Crippen LogP contribution in [0, 0.1) is 5.92 Å². The Bertz CT molecular complexity index is 422. The zero-order valence-corrected chi connectivity index (χ0v) is 13.2. The van der Waals surface area contributed by atoms with E-state index in [-0.39, 0.29) is 6.10 Å². The van der Waals surface area contributed by atoms with Crippen molar-refractivity contribution in [3.63, 3.8) is 0 Å². The Morgan fingerprint density at radius 3 is 2.60 bits per heavy atom. The maximum Gasteiger partial charge on any atom is 0.0692 e. The monoisotopic (exact) mass is 279 g/mol. The first-order valence-corrected chi connectivity index (χ1v) is 8.09. The topological polar surface area (TPSA) is 50.1 Å². The van der Waals surface area contributed by atoms with Crippen LogP contribution in [0.1, 0.15) is 56.5 Å². The first-order valence-electron chi connectivity index (χ1n) is 8.09.